The first kappa shape index (κ1) is 16.7. The summed E-state index contributed by atoms with van der Waals surface area (Å²) >= 11 is 0. The van der Waals surface area contributed by atoms with Crippen molar-refractivity contribution in [1.82, 2.24) is 14.9 Å². The molecule has 0 saturated heterocycles. The van der Waals surface area contributed by atoms with Crippen molar-refractivity contribution in [3.8, 4) is 0 Å². The Morgan fingerprint density at radius 2 is 1.75 bits per heavy atom. The molecule has 1 aromatic rings. The van der Waals surface area contributed by atoms with Crippen LogP contribution in [0.1, 0.15) is 38.6 Å². The molecule has 0 radical (unpaired) electrons. The Hall–Kier alpha value is -1.36. The lowest BCUT2D eigenvalue weighted by atomic mass is 10.3. The fourth-order valence-electron chi connectivity index (χ4n) is 2.21. The van der Waals surface area contributed by atoms with Crippen LogP contribution in [0.3, 0.4) is 0 Å². The summed E-state index contributed by atoms with van der Waals surface area (Å²) in [4.78, 5) is 11.5. The lowest BCUT2D eigenvalue weighted by Crippen LogP contribution is -2.30. The summed E-state index contributed by atoms with van der Waals surface area (Å²) in [5.41, 5.74) is 1.09. The first-order chi connectivity index (χ1) is 9.65. The average Bonchev–Trinajstić information content (AvgIpc) is 2.47. The quantitative estimate of drug-likeness (QED) is 0.727. The first-order valence-electron chi connectivity index (χ1n) is 7.67. The van der Waals surface area contributed by atoms with Gasteiger partial charge >= 0.3 is 0 Å². The summed E-state index contributed by atoms with van der Waals surface area (Å²) < 4.78 is 0. The number of likely N-dealkylation sites (N-methyl/N-ethyl adjacent to an activating group) is 1. The number of hydrogen-bond donors (Lipinski definition) is 2. The number of nitrogens with zero attached hydrogens (tertiary/aromatic N) is 3. The Bertz CT molecular complexity index is 405. The number of aryl methyl sites for hydroxylation is 1. The lowest BCUT2D eigenvalue weighted by Gasteiger charge is -2.20. The molecule has 20 heavy (non-hydrogen) atoms. The third kappa shape index (κ3) is 4.63. The summed E-state index contributed by atoms with van der Waals surface area (Å²) in [6, 6.07) is 0. The van der Waals surface area contributed by atoms with Crippen molar-refractivity contribution in [2.45, 2.75) is 40.5 Å². The molecular formula is C15H29N5. The van der Waals surface area contributed by atoms with E-state index in [4.69, 9.17) is 0 Å². The normalized spacial score (nSPS) is 10.9. The van der Waals surface area contributed by atoms with Gasteiger partial charge in [-0.1, -0.05) is 20.8 Å². The predicted octanol–water partition coefficient (Wildman–Crippen LogP) is 2.53. The maximum atomic E-state index is 4.59. The van der Waals surface area contributed by atoms with E-state index in [-0.39, 0.29) is 0 Å². The van der Waals surface area contributed by atoms with E-state index in [1.54, 1.807) is 0 Å². The molecule has 0 aromatic carbocycles. The number of hydrogen-bond acceptors (Lipinski definition) is 5. The zero-order chi connectivity index (χ0) is 15.0. The van der Waals surface area contributed by atoms with Gasteiger partial charge in [0.25, 0.3) is 0 Å². The number of nitrogens with one attached hydrogen (secondary N) is 2. The molecule has 2 N–H and O–H groups in total. The second kappa shape index (κ2) is 8.74. The fourth-order valence-corrected chi connectivity index (χ4v) is 2.21. The predicted molar refractivity (Wildman–Crippen MR) is 86.6 cm³/mol. The highest BCUT2D eigenvalue weighted by atomic mass is 15.1. The minimum atomic E-state index is 0.848. The van der Waals surface area contributed by atoms with Gasteiger partial charge in [-0.25, -0.2) is 9.97 Å². The van der Waals surface area contributed by atoms with E-state index in [2.05, 4.69) is 53.2 Å². The maximum absolute atomic E-state index is 4.59. The Morgan fingerprint density at radius 1 is 1.05 bits per heavy atom. The van der Waals surface area contributed by atoms with Crippen LogP contribution in [0.5, 0.6) is 0 Å². The van der Waals surface area contributed by atoms with Gasteiger partial charge in [0.2, 0.25) is 0 Å². The summed E-state index contributed by atoms with van der Waals surface area (Å²) in [7, 11) is 1.90. The van der Waals surface area contributed by atoms with Crippen LogP contribution in [-0.4, -0.2) is 48.1 Å². The third-order valence-electron chi connectivity index (χ3n) is 3.45. The fraction of sp³-hybridized carbons (Fsp3) is 0.733. The van der Waals surface area contributed by atoms with Crippen molar-refractivity contribution >= 4 is 11.6 Å². The topological polar surface area (TPSA) is 53.1 Å². The first-order valence-corrected chi connectivity index (χ1v) is 7.67. The van der Waals surface area contributed by atoms with E-state index in [1.165, 1.54) is 6.42 Å². The summed E-state index contributed by atoms with van der Waals surface area (Å²) in [5.74, 6) is 2.75. The SMILES string of the molecule is CCCN(CC)CCNc1nc(CC)nc(NC)c1C. The standard InChI is InChI=1S/C15H29N5/c1-6-10-20(8-3)11-9-17-15-12(4)14(16-5)18-13(7-2)19-15/h6-11H2,1-5H3,(H2,16,17,18,19). The number of rotatable bonds is 9. The number of anilines is 2. The molecule has 0 amide bonds. The Morgan fingerprint density at radius 3 is 2.30 bits per heavy atom. The summed E-state index contributed by atoms with van der Waals surface area (Å²) in [5, 5.41) is 6.59. The van der Waals surface area contributed by atoms with Crippen molar-refractivity contribution < 1.29 is 0 Å². The van der Waals surface area contributed by atoms with E-state index in [1.807, 2.05) is 7.05 Å². The van der Waals surface area contributed by atoms with E-state index in [0.717, 1.165) is 55.6 Å². The van der Waals surface area contributed by atoms with Crippen molar-refractivity contribution in [3.05, 3.63) is 11.4 Å². The second-order valence-electron chi connectivity index (χ2n) is 4.93. The van der Waals surface area contributed by atoms with E-state index < -0.39 is 0 Å². The molecule has 5 nitrogen and oxygen atoms in total. The van der Waals surface area contributed by atoms with Crippen LogP contribution in [0, 0.1) is 6.92 Å². The van der Waals surface area contributed by atoms with Crippen LogP contribution in [0.25, 0.3) is 0 Å². The molecule has 0 bridgehead atoms. The Kier molecular flexibility index (Phi) is 7.30. The summed E-state index contributed by atoms with van der Waals surface area (Å²) in [6.45, 7) is 12.8. The van der Waals surface area contributed by atoms with Crippen molar-refractivity contribution in [1.29, 1.82) is 0 Å². The second-order valence-corrected chi connectivity index (χ2v) is 4.93. The summed E-state index contributed by atoms with van der Waals surface area (Å²) in [6.07, 6.45) is 2.05. The van der Waals surface area contributed by atoms with Gasteiger partial charge in [0.15, 0.2) is 0 Å². The Balaban J connectivity index is 2.67. The molecule has 1 aromatic heterocycles. The highest BCUT2D eigenvalue weighted by Crippen LogP contribution is 2.19. The lowest BCUT2D eigenvalue weighted by molar-refractivity contribution is 0.300. The monoisotopic (exact) mass is 279 g/mol. The third-order valence-corrected chi connectivity index (χ3v) is 3.45. The zero-order valence-corrected chi connectivity index (χ0v) is 13.6. The van der Waals surface area contributed by atoms with Crippen LogP contribution in [0.15, 0.2) is 0 Å². The van der Waals surface area contributed by atoms with Crippen molar-refractivity contribution in [2.75, 3.05) is 43.9 Å². The van der Waals surface area contributed by atoms with Crippen LogP contribution < -0.4 is 10.6 Å². The van der Waals surface area contributed by atoms with Crippen molar-refractivity contribution in [3.63, 3.8) is 0 Å². The van der Waals surface area contributed by atoms with Gasteiger partial charge in [-0.05, 0) is 26.4 Å². The van der Waals surface area contributed by atoms with Crippen LogP contribution in [-0.2, 0) is 6.42 Å². The van der Waals surface area contributed by atoms with Gasteiger partial charge in [0, 0.05) is 32.1 Å². The number of aromatic nitrogens is 2. The molecule has 1 heterocycles. The van der Waals surface area contributed by atoms with Crippen LogP contribution in [0.2, 0.25) is 0 Å². The van der Waals surface area contributed by atoms with Gasteiger partial charge < -0.3 is 15.5 Å². The van der Waals surface area contributed by atoms with Gasteiger partial charge in [-0.3, -0.25) is 0 Å². The van der Waals surface area contributed by atoms with Gasteiger partial charge in [0.05, 0.1) is 0 Å². The molecule has 0 spiro atoms. The Labute approximate surface area is 123 Å². The van der Waals surface area contributed by atoms with Gasteiger partial charge in [-0.15, -0.1) is 0 Å². The zero-order valence-electron chi connectivity index (χ0n) is 13.6. The smallest absolute Gasteiger partial charge is 0.134 e. The van der Waals surface area contributed by atoms with Crippen molar-refractivity contribution in [2.24, 2.45) is 0 Å². The largest absolute Gasteiger partial charge is 0.373 e. The molecule has 5 heteroatoms. The minimum Gasteiger partial charge on any atom is -0.373 e. The van der Waals surface area contributed by atoms with Gasteiger partial charge in [-0.2, -0.15) is 0 Å². The highest BCUT2D eigenvalue weighted by molar-refractivity contribution is 5.56. The maximum Gasteiger partial charge on any atom is 0.134 e. The highest BCUT2D eigenvalue weighted by Gasteiger charge is 2.09. The molecule has 0 aliphatic carbocycles. The molecule has 0 unspecified atom stereocenters. The molecule has 0 atom stereocenters. The van der Waals surface area contributed by atoms with Crippen LogP contribution >= 0.6 is 0 Å². The van der Waals surface area contributed by atoms with E-state index in [0.29, 0.717) is 0 Å². The molecule has 114 valence electrons. The molecule has 0 aliphatic heterocycles. The molecular weight excluding hydrogens is 250 g/mol. The molecule has 0 aliphatic rings. The van der Waals surface area contributed by atoms with E-state index >= 15 is 0 Å². The molecule has 0 saturated carbocycles. The molecule has 1 rings (SSSR count). The van der Waals surface area contributed by atoms with E-state index in [9.17, 15) is 0 Å². The van der Waals surface area contributed by atoms with Crippen LogP contribution in [0.4, 0.5) is 11.6 Å². The minimum absolute atomic E-state index is 0.848. The molecule has 0 fully saturated rings. The average molecular weight is 279 g/mol. The van der Waals surface area contributed by atoms with Gasteiger partial charge in [0.1, 0.15) is 17.5 Å².